The topological polar surface area (TPSA) is 78.7 Å². The molecule has 3 N–H and O–H groups in total. The van der Waals surface area contributed by atoms with Crippen molar-refractivity contribution in [3.8, 4) is 0 Å². The van der Waals surface area contributed by atoms with Crippen molar-refractivity contribution < 1.29 is 9.59 Å². The number of amides is 2. The van der Waals surface area contributed by atoms with Crippen molar-refractivity contribution in [3.05, 3.63) is 35.4 Å². The molecule has 0 radical (unpaired) electrons. The molecule has 0 bridgehead atoms. The van der Waals surface area contributed by atoms with Crippen LogP contribution in [0.4, 0.5) is 0 Å². The lowest BCUT2D eigenvalue weighted by Gasteiger charge is -2.34. The number of hydrogen-bond donors (Lipinski definition) is 2. The zero-order chi connectivity index (χ0) is 17.5. The Morgan fingerprint density at radius 1 is 1.12 bits per heavy atom. The maximum absolute atomic E-state index is 12.9. The summed E-state index contributed by atoms with van der Waals surface area (Å²) in [7, 11) is 2.05. The molecule has 1 atom stereocenters. The number of hydrogen-bond acceptors (Lipinski definition) is 4. The van der Waals surface area contributed by atoms with Crippen LogP contribution >= 0.6 is 0 Å². The third-order valence-corrected chi connectivity index (χ3v) is 4.47. The molecule has 2 amide bonds. The van der Waals surface area contributed by atoms with Gasteiger partial charge in [0, 0.05) is 45.6 Å². The fourth-order valence-corrected chi connectivity index (χ4v) is 2.79. The molecule has 1 aromatic carbocycles. The second-order valence-corrected chi connectivity index (χ2v) is 6.33. The van der Waals surface area contributed by atoms with Crippen molar-refractivity contribution in [2.75, 3.05) is 33.2 Å². The summed E-state index contributed by atoms with van der Waals surface area (Å²) in [6.07, 6.45) is 0.875. The molecule has 2 rings (SSSR count). The van der Waals surface area contributed by atoms with Crippen molar-refractivity contribution in [3.63, 3.8) is 0 Å². The van der Waals surface area contributed by atoms with Gasteiger partial charge in [0.25, 0.3) is 0 Å². The highest BCUT2D eigenvalue weighted by atomic mass is 16.2. The summed E-state index contributed by atoms with van der Waals surface area (Å²) >= 11 is 0. The number of nitrogens with one attached hydrogen (secondary N) is 1. The number of piperazine rings is 1. The van der Waals surface area contributed by atoms with Gasteiger partial charge in [-0.25, -0.2) is 0 Å². The molecular formula is C18H28N4O2. The third-order valence-electron chi connectivity index (χ3n) is 4.47. The highest BCUT2D eigenvalue weighted by Crippen LogP contribution is 2.10. The number of benzene rings is 1. The molecule has 1 fully saturated rings. The van der Waals surface area contributed by atoms with Gasteiger partial charge >= 0.3 is 0 Å². The molecule has 1 unspecified atom stereocenters. The minimum atomic E-state index is -0.510. The zero-order valence-corrected chi connectivity index (χ0v) is 14.6. The van der Waals surface area contributed by atoms with E-state index in [0.29, 0.717) is 32.5 Å². The van der Waals surface area contributed by atoms with E-state index in [1.54, 1.807) is 6.92 Å². The molecule has 1 aliphatic heterocycles. The molecule has 0 aliphatic carbocycles. The van der Waals surface area contributed by atoms with Gasteiger partial charge in [0.15, 0.2) is 0 Å². The van der Waals surface area contributed by atoms with Gasteiger partial charge in [-0.2, -0.15) is 0 Å². The molecular weight excluding hydrogens is 304 g/mol. The van der Waals surface area contributed by atoms with E-state index in [2.05, 4.69) is 17.3 Å². The highest BCUT2D eigenvalue weighted by Gasteiger charge is 2.27. The molecule has 6 nitrogen and oxygen atoms in total. The lowest BCUT2D eigenvalue weighted by Crippen LogP contribution is -2.54. The Labute approximate surface area is 144 Å². The summed E-state index contributed by atoms with van der Waals surface area (Å²) < 4.78 is 0. The standard InChI is InChI=1S/C18H28N4O2/c1-3-17(23)20-16(12-14-4-6-15(13-19)7-5-14)18(24)22-10-8-21(2)9-11-22/h4-7,16H,3,8-13,19H2,1-2H3,(H,20,23). The van der Waals surface area contributed by atoms with Crippen LogP contribution in [0.15, 0.2) is 24.3 Å². The van der Waals surface area contributed by atoms with E-state index in [9.17, 15) is 9.59 Å². The first-order chi connectivity index (χ1) is 11.5. The SMILES string of the molecule is CCC(=O)NC(Cc1ccc(CN)cc1)C(=O)N1CCN(C)CC1. The van der Waals surface area contributed by atoms with E-state index in [1.807, 2.05) is 29.2 Å². The summed E-state index contributed by atoms with van der Waals surface area (Å²) in [4.78, 5) is 28.8. The van der Waals surface area contributed by atoms with Gasteiger partial charge in [0.2, 0.25) is 11.8 Å². The number of nitrogens with two attached hydrogens (primary N) is 1. The third kappa shape index (κ3) is 5.04. The first-order valence-corrected chi connectivity index (χ1v) is 8.58. The summed E-state index contributed by atoms with van der Waals surface area (Å²) in [6.45, 7) is 5.44. The monoisotopic (exact) mass is 332 g/mol. The molecule has 0 spiro atoms. The van der Waals surface area contributed by atoms with Crippen molar-refractivity contribution in [1.29, 1.82) is 0 Å². The number of carbonyl (C=O) groups is 2. The van der Waals surface area contributed by atoms with E-state index < -0.39 is 6.04 Å². The molecule has 6 heteroatoms. The van der Waals surface area contributed by atoms with Crippen LogP contribution in [-0.4, -0.2) is 60.9 Å². The molecule has 24 heavy (non-hydrogen) atoms. The molecule has 0 aromatic heterocycles. The first-order valence-electron chi connectivity index (χ1n) is 8.58. The Morgan fingerprint density at radius 2 is 1.71 bits per heavy atom. The van der Waals surface area contributed by atoms with Crippen molar-refractivity contribution in [2.45, 2.75) is 32.4 Å². The second kappa shape index (κ2) is 8.80. The first kappa shape index (κ1) is 18.4. The van der Waals surface area contributed by atoms with Crippen LogP contribution in [0.5, 0.6) is 0 Å². The van der Waals surface area contributed by atoms with Crippen LogP contribution in [0.3, 0.4) is 0 Å². The Morgan fingerprint density at radius 3 is 2.25 bits per heavy atom. The lowest BCUT2D eigenvalue weighted by atomic mass is 10.0. The largest absolute Gasteiger partial charge is 0.344 e. The fraction of sp³-hybridized carbons (Fsp3) is 0.556. The van der Waals surface area contributed by atoms with Gasteiger partial charge in [-0.1, -0.05) is 31.2 Å². The van der Waals surface area contributed by atoms with E-state index in [1.165, 1.54) is 0 Å². The maximum Gasteiger partial charge on any atom is 0.245 e. The van der Waals surface area contributed by atoms with Crippen LogP contribution in [-0.2, 0) is 22.6 Å². The van der Waals surface area contributed by atoms with Gasteiger partial charge in [0.1, 0.15) is 6.04 Å². The van der Waals surface area contributed by atoms with E-state index in [0.717, 1.165) is 24.2 Å². The average Bonchev–Trinajstić information content (AvgIpc) is 2.61. The molecule has 1 heterocycles. The van der Waals surface area contributed by atoms with Crippen molar-refractivity contribution in [2.24, 2.45) is 5.73 Å². The zero-order valence-electron chi connectivity index (χ0n) is 14.6. The predicted octanol–water partition coefficient (Wildman–Crippen LogP) is 0.357. The fourth-order valence-electron chi connectivity index (χ4n) is 2.79. The number of likely N-dealkylation sites (N-methyl/N-ethyl adjacent to an activating group) is 1. The molecule has 132 valence electrons. The Balaban J connectivity index is 2.07. The van der Waals surface area contributed by atoms with Gasteiger partial charge in [-0.3, -0.25) is 9.59 Å². The van der Waals surface area contributed by atoms with E-state index in [-0.39, 0.29) is 11.8 Å². The van der Waals surface area contributed by atoms with Gasteiger partial charge in [-0.15, -0.1) is 0 Å². The minimum absolute atomic E-state index is 0.00722. The Hall–Kier alpha value is -1.92. The Bertz CT molecular complexity index is 551. The smallest absolute Gasteiger partial charge is 0.245 e. The molecule has 1 saturated heterocycles. The lowest BCUT2D eigenvalue weighted by molar-refractivity contribution is -0.137. The van der Waals surface area contributed by atoms with Gasteiger partial charge in [0.05, 0.1) is 0 Å². The number of carbonyl (C=O) groups excluding carboxylic acids is 2. The van der Waals surface area contributed by atoms with Crippen LogP contribution in [0.1, 0.15) is 24.5 Å². The van der Waals surface area contributed by atoms with Crippen LogP contribution in [0.2, 0.25) is 0 Å². The van der Waals surface area contributed by atoms with E-state index in [4.69, 9.17) is 5.73 Å². The number of rotatable bonds is 6. The quantitative estimate of drug-likeness (QED) is 0.788. The van der Waals surface area contributed by atoms with Crippen molar-refractivity contribution in [1.82, 2.24) is 15.1 Å². The molecule has 0 saturated carbocycles. The molecule has 1 aromatic rings. The normalized spacial score (nSPS) is 16.7. The summed E-state index contributed by atoms with van der Waals surface area (Å²) in [5.74, 6) is -0.0890. The van der Waals surface area contributed by atoms with Crippen LogP contribution < -0.4 is 11.1 Å². The predicted molar refractivity (Wildman–Crippen MR) is 94.3 cm³/mol. The van der Waals surface area contributed by atoms with Gasteiger partial charge < -0.3 is 20.9 Å². The summed E-state index contributed by atoms with van der Waals surface area (Å²) in [6, 6.07) is 7.38. The summed E-state index contributed by atoms with van der Waals surface area (Å²) in [5, 5.41) is 2.88. The van der Waals surface area contributed by atoms with E-state index >= 15 is 0 Å². The Kier molecular flexibility index (Phi) is 6.75. The molecule has 1 aliphatic rings. The van der Waals surface area contributed by atoms with Crippen LogP contribution in [0.25, 0.3) is 0 Å². The minimum Gasteiger partial charge on any atom is -0.344 e. The summed E-state index contributed by atoms with van der Waals surface area (Å²) in [5.41, 5.74) is 7.70. The number of nitrogens with zero attached hydrogens (tertiary/aromatic N) is 2. The maximum atomic E-state index is 12.9. The average molecular weight is 332 g/mol. The second-order valence-electron chi connectivity index (χ2n) is 6.33. The van der Waals surface area contributed by atoms with Gasteiger partial charge in [-0.05, 0) is 18.2 Å². The highest BCUT2D eigenvalue weighted by molar-refractivity contribution is 5.88. The van der Waals surface area contributed by atoms with Crippen LogP contribution in [0, 0.1) is 0 Å². The van der Waals surface area contributed by atoms with Crippen molar-refractivity contribution >= 4 is 11.8 Å².